The van der Waals surface area contributed by atoms with Gasteiger partial charge in [0.2, 0.25) is 0 Å². The standard InChI is InChI=1S/C12H14F3N3O3/c13-12(14,15)6-1-3-7(4-2-6)18-10(19)8-9(11(20)21)17-5-16-8/h5-7H,1-4H2,(H,16,17)(H,18,19)(H,20,21). The molecule has 0 saturated heterocycles. The van der Waals surface area contributed by atoms with E-state index in [-0.39, 0.29) is 37.1 Å². The van der Waals surface area contributed by atoms with Crippen molar-refractivity contribution in [2.45, 2.75) is 37.9 Å². The van der Waals surface area contributed by atoms with Crippen LogP contribution in [0.5, 0.6) is 0 Å². The molecule has 1 aromatic rings. The number of carbonyl (C=O) groups excluding carboxylic acids is 1. The molecule has 21 heavy (non-hydrogen) atoms. The Morgan fingerprint density at radius 3 is 2.43 bits per heavy atom. The molecular weight excluding hydrogens is 291 g/mol. The minimum atomic E-state index is -4.20. The predicted molar refractivity (Wildman–Crippen MR) is 64.8 cm³/mol. The summed E-state index contributed by atoms with van der Waals surface area (Å²) >= 11 is 0. The molecule has 0 bridgehead atoms. The Hall–Kier alpha value is -2.06. The molecule has 1 heterocycles. The van der Waals surface area contributed by atoms with Crippen LogP contribution in [0.2, 0.25) is 0 Å². The van der Waals surface area contributed by atoms with E-state index in [0.717, 1.165) is 6.33 Å². The number of carbonyl (C=O) groups is 2. The van der Waals surface area contributed by atoms with Gasteiger partial charge in [0.25, 0.3) is 5.91 Å². The summed E-state index contributed by atoms with van der Waals surface area (Å²) in [6.45, 7) is 0. The first-order chi connectivity index (χ1) is 9.79. The Morgan fingerprint density at radius 2 is 1.90 bits per heavy atom. The predicted octanol–water partition coefficient (Wildman–Crippen LogP) is 1.96. The molecule has 0 aromatic carbocycles. The normalized spacial score (nSPS) is 22.8. The van der Waals surface area contributed by atoms with Crippen LogP contribution in [-0.2, 0) is 0 Å². The Bertz CT molecular complexity index is 533. The van der Waals surface area contributed by atoms with Gasteiger partial charge in [0.15, 0.2) is 11.4 Å². The van der Waals surface area contributed by atoms with Crippen molar-refractivity contribution in [1.82, 2.24) is 15.3 Å². The quantitative estimate of drug-likeness (QED) is 0.795. The Labute approximate surface area is 117 Å². The lowest BCUT2D eigenvalue weighted by Crippen LogP contribution is -2.40. The molecule has 1 fully saturated rings. The maximum atomic E-state index is 12.5. The maximum absolute atomic E-state index is 12.5. The van der Waals surface area contributed by atoms with Crippen molar-refractivity contribution in [1.29, 1.82) is 0 Å². The number of nitrogens with zero attached hydrogens (tertiary/aromatic N) is 1. The average Bonchev–Trinajstić information content (AvgIpc) is 2.87. The van der Waals surface area contributed by atoms with E-state index in [9.17, 15) is 22.8 Å². The summed E-state index contributed by atoms with van der Waals surface area (Å²) in [5, 5.41) is 11.4. The molecule has 116 valence electrons. The summed E-state index contributed by atoms with van der Waals surface area (Å²) in [6.07, 6.45) is -2.78. The van der Waals surface area contributed by atoms with Gasteiger partial charge in [-0.15, -0.1) is 0 Å². The van der Waals surface area contributed by atoms with Crippen molar-refractivity contribution in [3.05, 3.63) is 17.7 Å². The number of halogens is 3. The number of nitrogens with one attached hydrogen (secondary N) is 2. The molecule has 0 atom stereocenters. The third-order valence-electron chi connectivity index (χ3n) is 3.59. The molecule has 0 spiro atoms. The van der Waals surface area contributed by atoms with Crippen molar-refractivity contribution in [3.8, 4) is 0 Å². The van der Waals surface area contributed by atoms with Gasteiger partial charge in [0, 0.05) is 6.04 Å². The summed E-state index contributed by atoms with van der Waals surface area (Å²) in [4.78, 5) is 28.7. The molecule has 6 nitrogen and oxygen atoms in total. The molecule has 0 unspecified atom stereocenters. The van der Waals surface area contributed by atoms with E-state index in [0.29, 0.717) is 0 Å². The number of aromatic carboxylic acids is 1. The molecule has 0 radical (unpaired) electrons. The van der Waals surface area contributed by atoms with Gasteiger partial charge in [-0.1, -0.05) is 0 Å². The molecule has 3 N–H and O–H groups in total. The van der Waals surface area contributed by atoms with E-state index in [1.165, 1.54) is 0 Å². The van der Waals surface area contributed by atoms with Gasteiger partial charge in [-0.3, -0.25) is 4.79 Å². The molecular formula is C12H14F3N3O3. The zero-order valence-corrected chi connectivity index (χ0v) is 10.9. The highest BCUT2D eigenvalue weighted by molar-refractivity contribution is 6.02. The van der Waals surface area contributed by atoms with E-state index in [1.54, 1.807) is 0 Å². The maximum Gasteiger partial charge on any atom is 0.391 e. The van der Waals surface area contributed by atoms with Gasteiger partial charge >= 0.3 is 12.1 Å². The molecule has 0 aliphatic heterocycles. The number of rotatable bonds is 3. The third kappa shape index (κ3) is 3.53. The van der Waals surface area contributed by atoms with Crippen molar-refractivity contribution in [3.63, 3.8) is 0 Å². The Kier molecular flexibility index (Phi) is 4.19. The number of carboxylic acids is 1. The first-order valence-electron chi connectivity index (χ1n) is 6.43. The van der Waals surface area contributed by atoms with Crippen LogP contribution >= 0.6 is 0 Å². The van der Waals surface area contributed by atoms with Crippen molar-refractivity contribution < 1.29 is 27.9 Å². The number of alkyl halides is 3. The van der Waals surface area contributed by atoms with Gasteiger partial charge in [0.05, 0.1) is 12.2 Å². The number of hydrogen-bond acceptors (Lipinski definition) is 3. The van der Waals surface area contributed by atoms with Gasteiger partial charge in [0.1, 0.15) is 0 Å². The minimum absolute atomic E-state index is 0.0409. The van der Waals surface area contributed by atoms with Crippen molar-refractivity contribution >= 4 is 11.9 Å². The second-order valence-corrected chi connectivity index (χ2v) is 4.99. The lowest BCUT2D eigenvalue weighted by molar-refractivity contribution is -0.182. The van der Waals surface area contributed by atoms with Crippen LogP contribution in [0.15, 0.2) is 6.33 Å². The van der Waals surface area contributed by atoms with Gasteiger partial charge in [-0.2, -0.15) is 13.2 Å². The molecule has 1 saturated carbocycles. The molecule has 1 amide bonds. The SMILES string of the molecule is O=C(NC1CCC(C(F)(F)F)CC1)c1nc[nH]c1C(=O)O. The lowest BCUT2D eigenvalue weighted by atomic mass is 9.85. The van der Waals surface area contributed by atoms with E-state index in [4.69, 9.17) is 5.11 Å². The van der Waals surface area contributed by atoms with E-state index < -0.39 is 30.0 Å². The van der Waals surface area contributed by atoms with Crippen LogP contribution < -0.4 is 5.32 Å². The van der Waals surface area contributed by atoms with Crippen LogP contribution in [0.4, 0.5) is 13.2 Å². The molecule has 1 aliphatic carbocycles. The van der Waals surface area contributed by atoms with Crippen LogP contribution in [0.25, 0.3) is 0 Å². The fraction of sp³-hybridized carbons (Fsp3) is 0.583. The molecule has 1 aliphatic rings. The smallest absolute Gasteiger partial charge is 0.391 e. The van der Waals surface area contributed by atoms with Gasteiger partial charge in [-0.05, 0) is 25.7 Å². The minimum Gasteiger partial charge on any atom is -0.477 e. The Balaban J connectivity index is 1.93. The van der Waals surface area contributed by atoms with Gasteiger partial charge in [-0.25, -0.2) is 9.78 Å². The van der Waals surface area contributed by atoms with E-state index in [2.05, 4.69) is 15.3 Å². The van der Waals surface area contributed by atoms with Crippen LogP contribution in [0.3, 0.4) is 0 Å². The zero-order valence-electron chi connectivity index (χ0n) is 10.9. The first-order valence-corrected chi connectivity index (χ1v) is 6.43. The number of hydrogen-bond donors (Lipinski definition) is 3. The monoisotopic (exact) mass is 305 g/mol. The second-order valence-electron chi connectivity index (χ2n) is 4.99. The highest BCUT2D eigenvalue weighted by Gasteiger charge is 2.41. The number of amides is 1. The van der Waals surface area contributed by atoms with Crippen molar-refractivity contribution in [2.24, 2.45) is 5.92 Å². The lowest BCUT2D eigenvalue weighted by Gasteiger charge is -2.30. The third-order valence-corrected chi connectivity index (χ3v) is 3.59. The van der Waals surface area contributed by atoms with E-state index >= 15 is 0 Å². The number of aromatic nitrogens is 2. The summed E-state index contributed by atoms with van der Waals surface area (Å²) in [5.74, 6) is -3.34. The van der Waals surface area contributed by atoms with Crippen LogP contribution in [0.1, 0.15) is 46.7 Å². The van der Waals surface area contributed by atoms with Crippen molar-refractivity contribution in [2.75, 3.05) is 0 Å². The summed E-state index contributed by atoms with van der Waals surface area (Å²) in [5.41, 5.74) is -0.600. The second kappa shape index (κ2) is 5.74. The number of H-pyrrole nitrogens is 1. The number of carboxylic acid groups (broad SMARTS) is 1. The summed E-state index contributed by atoms with van der Waals surface area (Å²) in [7, 11) is 0. The average molecular weight is 305 g/mol. The first kappa shape index (κ1) is 15.3. The topological polar surface area (TPSA) is 95.1 Å². The van der Waals surface area contributed by atoms with Crippen LogP contribution in [-0.4, -0.2) is 39.2 Å². The molecule has 1 aromatic heterocycles. The number of aromatic amines is 1. The summed E-state index contributed by atoms with van der Waals surface area (Å²) < 4.78 is 37.6. The molecule has 9 heteroatoms. The van der Waals surface area contributed by atoms with E-state index in [1.807, 2.05) is 0 Å². The Morgan fingerprint density at radius 1 is 1.29 bits per heavy atom. The zero-order chi connectivity index (χ0) is 15.6. The van der Waals surface area contributed by atoms with Gasteiger partial charge < -0.3 is 15.4 Å². The summed E-state index contributed by atoms with van der Waals surface area (Å²) in [6, 6.07) is -0.394. The highest BCUT2D eigenvalue weighted by atomic mass is 19.4. The molecule has 2 rings (SSSR count). The largest absolute Gasteiger partial charge is 0.477 e. The fourth-order valence-electron chi connectivity index (χ4n) is 2.45. The number of imidazole rings is 1. The fourth-order valence-corrected chi connectivity index (χ4v) is 2.45. The highest BCUT2D eigenvalue weighted by Crippen LogP contribution is 2.37. The van der Waals surface area contributed by atoms with Crippen LogP contribution in [0, 0.1) is 5.92 Å².